The number of hydrogen-bond acceptors (Lipinski definition) is 4. The first-order chi connectivity index (χ1) is 7.35. The van der Waals surface area contributed by atoms with Crippen LogP contribution in [0.15, 0.2) is 18.2 Å². The van der Waals surface area contributed by atoms with Crippen LogP contribution in [-0.2, 0) is 0 Å². The van der Waals surface area contributed by atoms with Crippen LogP contribution in [0.5, 0.6) is 5.88 Å². The highest BCUT2D eigenvalue weighted by molar-refractivity contribution is 5.22. The molecule has 1 saturated heterocycles. The molecule has 4 heteroatoms. The third-order valence-corrected chi connectivity index (χ3v) is 2.71. The zero-order valence-corrected chi connectivity index (χ0v) is 8.60. The second kappa shape index (κ2) is 4.28. The Balaban J connectivity index is 2.25. The zero-order chi connectivity index (χ0) is 10.7. The number of nitrogens with zero attached hydrogens (tertiary/aromatic N) is 2. The molecule has 1 N–H and O–H groups in total. The van der Waals surface area contributed by atoms with Gasteiger partial charge in [0.2, 0.25) is 5.88 Å². The summed E-state index contributed by atoms with van der Waals surface area (Å²) in [5, 5.41) is 12.2. The van der Waals surface area contributed by atoms with Gasteiger partial charge in [-0.25, -0.2) is 4.98 Å². The Morgan fingerprint density at radius 3 is 3.13 bits per heavy atom. The summed E-state index contributed by atoms with van der Waals surface area (Å²) in [6.07, 6.45) is 0. The number of aromatic nitrogens is 1. The highest BCUT2D eigenvalue weighted by Crippen LogP contribution is 2.27. The monoisotopic (exact) mass is 203 g/mol. The summed E-state index contributed by atoms with van der Waals surface area (Å²) < 4.78 is 5.07. The Kier molecular flexibility index (Phi) is 2.84. The highest BCUT2D eigenvalue weighted by Gasteiger charge is 2.29. The summed E-state index contributed by atoms with van der Waals surface area (Å²) in [5.41, 5.74) is 0.936. The normalized spacial score (nSPS) is 24.8. The quantitative estimate of drug-likeness (QED) is 0.776. The molecule has 0 aliphatic carbocycles. The number of nitriles is 1. The predicted molar refractivity (Wildman–Crippen MR) is 55.5 cm³/mol. The molecule has 0 saturated carbocycles. The summed E-state index contributed by atoms with van der Waals surface area (Å²) in [4.78, 5) is 4.36. The van der Waals surface area contributed by atoms with E-state index in [2.05, 4.69) is 16.4 Å². The van der Waals surface area contributed by atoms with Gasteiger partial charge in [0.05, 0.1) is 24.8 Å². The largest absolute Gasteiger partial charge is 0.481 e. The van der Waals surface area contributed by atoms with Gasteiger partial charge in [-0.3, -0.25) is 0 Å². The molecular weight excluding hydrogens is 190 g/mol. The van der Waals surface area contributed by atoms with Crippen molar-refractivity contribution in [3.63, 3.8) is 0 Å². The van der Waals surface area contributed by atoms with E-state index < -0.39 is 0 Å². The Hall–Kier alpha value is -1.60. The molecule has 78 valence electrons. The van der Waals surface area contributed by atoms with Crippen LogP contribution in [0.4, 0.5) is 0 Å². The van der Waals surface area contributed by atoms with E-state index in [-0.39, 0.29) is 11.8 Å². The predicted octanol–water partition coefficient (Wildman–Crippen LogP) is 0.917. The van der Waals surface area contributed by atoms with Crippen LogP contribution < -0.4 is 10.1 Å². The van der Waals surface area contributed by atoms with Gasteiger partial charge >= 0.3 is 0 Å². The Labute approximate surface area is 88.9 Å². The van der Waals surface area contributed by atoms with Crippen LogP contribution in [0.2, 0.25) is 0 Å². The Morgan fingerprint density at radius 2 is 2.40 bits per heavy atom. The SMILES string of the molecule is COc1cccc(C2CNCC2C#N)n1. The highest BCUT2D eigenvalue weighted by atomic mass is 16.5. The van der Waals surface area contributed by atoms with Crippen molar-refractivity contribution in [1.82, 2.24) is 10.3 Å². The minimum absolute atomic E-state index is 0.0182. The maximum Gasteiger partial charge on any atom is 0.213 e. The number of rotatable bonds is 2. The van der Waals surface area contributed by atoms with E-state index in [9.17, 15) is 0 Å². The molecule has 0 bridgehead atoms. The molecule has 2 rings (SSSR count). The summed E-state index contributed by atoms with van der Waals surface area (Å²) in [7, 11) is 1.60. The molecule has 4 nitrogen and oxygen atoms in total. The van der Waals surface area contributed by atoms with Crippen molar-refractivity contribution < 1.29 is 4.74 Å². The lowest BCUT2D eigenvalue weighted by Gasteiger charge is -2.12. The molecule has 2 unspecified atom stereocenters. The minimum Gasteiger partial charge on any atom is -0.481 e. The van der Waals surface area contributed by atoms with Crippen LogP contribution >= 0.6 is 0 Å². The molecular formula is C11H13N3O. The standard InChI is InChI=1S/C11H13N3O/c1-15-11-4-2-3-10(14-11)9-7-13-6-8(9)5-12/h2-4,8-9,13H,6-7H2,1H3. The van der Waals surface area contributed by atoms with E-state index >= 15 is 0 Å². The Morgan fingerprint density at radius 1 is 1.53 bits per heavy atom. The third-order valence-electron chi connectivity index (χ3n) is 2.71. The fraction of sp³-hybridized carbons (Fsp3) is 0.455. The van der Waals surface area contributed by atoms with Crippen LogP contribution in [0.1, 0.15) is 11.6 Å². The maximum atomic E-state index is 8.98. The van der Waals surface area contributed by atoms with Gasteiger partial charge in [-0.15, -0.1) is 0 Å². The fourth-order valence-corrected chi connectivity index (χ4v) is 1.88. The van der Waals surface area contributed by atoms with Crippen molar-refractivity contribution in [2.45, 2.75) is 5.92 Å². The third kappa shape index (κ3) is 1.92. The first kappa shape index (κ1) is 9.94. The van der Waals surface area contributed by atoms with E-state index in [0.717, 1.165) is 18.8 Å². The van der Waals surface area contributed by atoms with Crippen LogP contribution in [-0.4, -0.2) is 25.2 Å². The molecule has 2 atom stereocenters. The molecule has 1 aromatic heterocycles. The van der Waals surface area contributed by atoms with Crippen LogP contribution in [0.3, 0.4) is 0 Å². The molecule has 1 aliphatic rings. The van der Waals surface area contributed by atoms with Crippen molar-refractivity contribution >= 4 is 0 Å². The molecule has 1 fully saturated rings. The second-order valence-corrected chi connectivity index (χ2v) is 3.61. The summed E-state index contributed by atoms with van der Waals surface area (Å²) in [6.45, 7) is 1.57. The average Bonchev–Trinajstić information content (AvgIpc) is 2.77. The molecule has 15 heavy (non-hydrogen) atoms. The van der Waals surface area contributed by atoms with Gasteiger partial charge in [0.25, 0.3) is 0 Å². The number of ether oxygens (including phenoxy) is 1. The summed E-state index contributed by atoms with van der Waals surface area (Å²) >= 11 is 0. The smallest absolute Gasteiger partial charge is 0.213 e. The van der Waals surface area contributed by atoms with Crippen molar-refractivity contribution in [3.05, 3.63) is 23.9 Å². The van der Waals surface area contributed by atoms with Gasteiger partial charge in [0, 0.05) is 25.1 Å². The van der Waals surface area contributed by atoms with Crippen molar-refractivity contribution in [1.29, 1.82) is 5.26 Å². The molecule has 2 heterocycles. The summed E-state index contributed by atoms with van der Waals surface area (Å²) in [5.74, 6) is 0.811. The van der Waals surface area contributed by atoms with Gasteiger partial charge in [-0.05, 0) is 6.07 Å². The fourth-order valence-electron chi connectivity index (χ4n) is 1.88. The first-order valence-electron chi connectivity index (χ1n) is 4.96. The lowest BCUT2D eigenvalue weighted by Crippen LogP contribution is -2.10. The molecule has 0 spiro atoms. The zero-order valence-electron chi connectivity index (χ0n) is 8.60. The molecule has 0 radical (unpaired) electrons. The summed E-state index contributed by atoms with van der Waals surface area (Å²) in [6, 6.07) is 7.98. The first-order valence-corrected chi connectivity index (χ1v) is 4.96. The molecule has 0 aromatic carbocycles. The van der Waals surface area contributed by atoms with Gasteiger partial charge in [-0.2, -0.15) is 5.26 Å². The van der Waals surface area contributed by atoms with E-state index in [1.54, 1.807) is 7.11 Å². The molecule has 1 aromatic rings. The maximum absolute atomic E-state index is 8.98. The van der Waals surface area contributed by atoms with Crippen LogP contribution in [0.25, 0.3) is 0 Å². The van der Waals surface area contributed by atoms with Gasteiger partial charge in [-0.1, -0.05) is 6.07 Å². The number of methoxy groups -OCH3 is 1. The van der Waals surface area contributed by atoms with E-state index in [1.165, 1.54) is 0 Å². The average molecular weight is 203 g/mol. The van der Waals surface area contributed by atoms with Gasteiger partial charge < -0.3 is 10.1 Å². The molecule has 0 amide bonds. The Bertz CT molecular complexity index is 386. The van der Waals surface area contributed by atoms with Crippen LogP contribution in [0, 0.1) is 17.2 Å². The van der Waals surface area contributed by atoms with Gasteiger partial charge in [0.15, 0.2) is 0 Å². The lowest BCUT2D eigenvalue weighted by molar-refractivity contribution is 0.394. The van der Waals surface area contributed by atoms with Gasteiger partial charge in [0.1, 0.15) is 0 Å². The van der Waals surface area contributed by atoms with Crippen molar-refractivity contribution in [2.75, 3.05) is 20.2 Å². The number of nitrogens with one attached hydrogen (secondary N) is 1. The van der Waals surface area contributed by atoms with E-state index in [1.807, 2.05) is 18.2 Å². The second-order valence-electron chi connectivity index (χ2n) is 3.61. The van der Waals surface area contributed by atoms with Crippen molar-refractivity contribution in [2.24, 2.45) is 5.92 Å². The van der Waals surface area contributed by atoms with Crippen molar-refractivity contribution in [3.8, 4) is 11.9 Å². The number of pyridine rings is 1. The number of hydrogen-bond donors (Lipinski definition) is 1. The molecule has 1 aliphatic heterocycles. The lowest BCUT2D eigenvalue weighted by atomic mass is 9.94. The topological polar surface area (TPSA) is 57.9 Å². The minimum atomic E-state index is 0.0182. The van der Waals surface area contributed by atoms with E-state index in [4.69, 9.17) is 10.00 Å². The van der Waals surface area contributed by atoms with E-state index in [0.29, 0.717) is 5.88 Å².